The Hall–Kier alpha value is -0.0800. The van der Waals surface area contributed by atoms with Crippen LogP contribution >= 0.6 is 0 Å². The first-order valence-corrected chi connectivity index (χ1v) is 5.95. The average Bonchev–Trinajstić information content (AvgIpc) is 2.19. The zero-order chi connectivity index (χ0) is 11.6. The molecule has 0 fully saturated rings. The Labute approximate surface area is 91.3 Å². The Morgan fingerprint density at radius 3 is 1.14 bits per heavy atom. The summed E-state index contributed by atoms with van der Waals surface area (Å²) < 4.78 is 0. The first-order chi connectivity index (χ1) is 6.53. The van der Waals surface area contributed by atoms with Crippen LogP contribution in [0.25, 0.3) is 0 Å². The summed E-state index contributed by atoms with van der Waals surface area (Å²) in [6.45, 7) is 17.8. The summed E-state index contributed by atoms with van der Waals surface area (Å²) >= 11 is 0. The molecule has 0 bridgehead atoms. The molecule has 0 N–H and O–H groups in total. The van der Waals surface area contributed by atoms with Crippen molar-refractivity contribution < 1.29 is 0 Å². The molecule has 0 radical (unpaired) electrons. The van der Waals surface area contributed by atoms with Crippen LogP contribution in [0.1, 0.15) is 41.5 Å². The number of rotatable bonds is 5. The van der Waals surface area contributed by atoms with Gasteiger partial charge in [-0.1, -0.05) is 27.7 Å². The third kappa shape index (κ3) is 10.0. The standard InChI is InChI=1S/C7H17N.C5H13N/c1-5-8(6-2)7(3)4;1-4-6(3)5-2/h7H,5-6H2,1-4H3;4-5H2,1-3H3. The third-order valence-electron chi connectivity index (χ3n) is 2.62. The summed E-state index contributed by atoms with van der Waals surface area (Å²) in [6.07, 6.45) is 0. The highest BCUT2D eigenvalue weighted by atomic mass is 15.1. The maximum absolute atomic E-state index is 2.42. The van der Waals surface area contributed by atoms with E-state index in [-0.39, 0.29) is 0 Å². The largest absolute Gasteiger partial charge is 0.307 e. The molecule has 0 aromatic rings. The molecule has 0 rings (SSSR count). The Bertz CT molecular complexity index is 94.5. The molecule has 14 heavy (non-hydrogen) atoms. The van der Waals surface area contributed by atoms with E-state index < -0.39 is 0 Å². The van der Waals surface area contributed by atoms with Crippen LogP contribution in [0, 0.1) is 0 Å². The van der Waals surface area contributed by atoms with E-state index in [0.29, 0.717) is 6.04 Å². The number of hydrogen-bond acceptors (Lipinski definition) is 2. The Morgan fingerprint density at radius 2 is 1.14 bits per heavy atom. The van der Waals surface area contributed by atoms with E-state index in [1.165, 1.54) is 13.1 Å². The van der Waals surface area contributed by atoms with Crippen LogP contribution in [0.5, 0.6) is 0 Å². The van der Waals surface area contributed by atoms with Gasteiger partial charge in [0, 0.05) is 6.04 Å². The lowest BCUT2D eigenvalue weighted by molar-refractivity contribution is 0.246. The van der Waals surface area contributed by atoms with Crippen LogP contribution in [0.4, 0.5) is 0 Å². The molecule has 0 aliphatic rings. The maximum atomic E-state index is 2.42. The summed E-state index contributed by atoms with van der Waals surface area (Å²) in [5, 5.41) is 0. The first-order valence-electron chi connectivity index (χ1n) is 5.95. The summed E-state index contributed by atoms with van der Waals surface area (Å²) in [4.78, 5) is 4.67. The lowest BCUT2D eigenvalue weighted by atomic mass is 10.3. The monoisotopic (exact) mass is 202 g/mol. The summed E-state index contributed by atoms with van der Waals surface area (Å²) in [7, 11) is 2.11. The molecule has 0 heterocycles. The minimum Gasteiger partial charge on any atom is -0.307 e. The predicted octanol–water partition coefficient (Wildman–Crippen LogP) is 2.69. The van der Waals surface area contributed by atoms with Crippen LogP contribution in [-0.4, -0.2) is 49.1 Å². The van der Waals surface area contributed by atoms with Crippen LogP contribution in [0.15, 0.2) is 0 Å². The highest BCUT2D eigenvalue weighted by Gasteiger charge is 2.00. The zero-order valence-electron chi connectivity index (χ0n) is 11.3. The summed E-state index contributed by atoms with van der Waals surface area (Å²) in [5.41, 5.74) is 0. The van der Waals surface area contributed by atoms with E-state index in [2.05, 4.69) is 58.4 Å². The van der Waals surface area contributed by atoms with Crippen LogP contribution in [0.2, 0.25) is 0 Å². The minimum atomic E-state index is 0.713. The van der Waals surface area contributed by atoms with Gasteiger partial charge in [0.15, 0.2) is 0 Å². The van der Waals surface area contributed by atoms with Crippen LogP contribution in [0.3, 0.4) is 0 Å². The molecular weight excluding hydrogens is 172 g/mol. The Balaban J connectivity index is 0. The van der Waals surface area contributed by atoms with Gasteiger partial charge in [-0.05, 0) is 47.1 Å². The van der Waals surface area contributed by atoms with Crippen molar-refractivity contribution in [2.24, 2.45) is 0 Å². The van der Waals surface area contributed by atoms with Gasteiger partial charge in [0.25, 0.3) is 0 Å². The van der Waals surface area contributed by atoms with Gasteiger partial charge in [0.1, 0.15) is 0 Å². The first kappa shape index (κ1) is 16.4. The fourth-order valence-electron chi connectivity index (χ4n) is 1.18. The second-order valence-electron chi connectivity index (χ2n) is 3.80. The average molecular weight is 202 g/mol. The van der Waals surface area contributed by atoms with Crippen molar-refractivity contribution in [1.29, 1.82) is 0 Å². The van der Waals surface area contributed by atoms with Gasteiger partial charge in [-0.2, -0.15) is 0 Å². The molecule has 0 saturated heterocycles. The van der Waals surface area contributed by atoms with E-state index >= 15 is 0 Å². The molecule has 88 valence electrons. The van der Waals surface area contributed by atoms with Crippen molar-refractivity contribution in [3.8, 4) is 0 Å². The SMILES string of the molecule is CCN(C)CC.CCN(CC)C(C)C. The lowest BCUT2D eigenvalue weighted by Gasteiger charge is -2.21. The van der Waals surface area contributed by atoms with Crippen molar-refractivity contribution in [3.63, 3.8) is 0 Å². The van der Waals surface area contributed by atoms with Crippen molar-refractivity contribution in [1.82, 2.24) is 9.80 Å². The van der Waals surface area contributed by atoms with Crippen molar-refractivity contribution in [2.75, 3.05) is 33.2 Å². The molecule has 0 aromatic carbocycles. The van der Waals surface area contributed by atoms with Crippen LogP contribution < -0.4 is 0 Å². The molecule has 0 unspecified atom stereocenters. The topological polar surface area (TPSA) is 6.48 Å². The summed E-state index contributed by atoms with van der Waals surface area (Å²) in [5.74, 6) is 0. The molecule has 0 spiro atoms. The molecule has 0 amide bonds. The molecule has 0 saturated carbocycles. The smallest absolute Gasteiger partial charge is 0.00383 e. The Kier molecular flexibility index (Phi) is 12.8. The fourth-order valence-corrected chi connectivity index (χ4v) is 1.18. The molecular formula is C12H30N2. The van der Waals surface area contributed by atoms with E-state index in [0.717, 1.165) is 13.1 Å². The highest BCUT2D eigenvalue weighted by molar-refractivity contribution is 4.56. The molecule has 2 nitrogen and oxygen atoms in total. The fraction of sp³-hybridized carbons (Fsp3) is 1.00. The van der Waals surface area contributed by atoms with Gasteiger partial charge >= 0.3 is 0 Å². The van der Waals surface area contributed by atoms with E-state index in [1.54, 1.807) is 0 Å². The maximum Gasteiger partial charge on any atom is 0.00383 e. The molecule has 2 heteroatoms. The molecule has 0 aromatic heterocycles. The van der Waals surface area contributed by atoms with Gasteiger partial charge in [0.2, 0.25) is 0 Å². The van der Waals surface area contributed by atoms with Gasteiger partial charge in [0.05, 0.1) is 0 Å². The van der Waals surface area contributed by atoms with Gasteiger partial charge < -0.3 is 9.80 Å². The van der Waals surface area contributed by atoms with Gasteiger partial charge in [-0.25, -0.2) is 0 Å². The number of hydrogen-bond donors (Lipinski definition) is 0. The van der Waals surface area contributed by atoms with Crippen molar-refractivity contribution in [2.45, 2.75) is 47.6 Å². The number of nitrogens with zero attached hydrogens (tertiary/aromatic N) is 2. The highest BCUT2D eigenvalue weighted by Crippen LogP contribution is 1.94. The van der Waals surface area contributed by atoms with E-state index in [1.807, 2.05) is 0 Å². The molecule has 0 atom stereocenters. The third-order valence-corrected chi connectivity index (χ3v) is 2.62. The zero-order valence-corrected chi connectivity index (χ0v) is 11.3. The second kappa shape index (κ2) is 11.0. The predicted molar refractivity (Wildman–Crippen MR) is 66.9 cm³/mol. The van der Waals surface area contributed by atoms with Crippen molar-refractivity contribution >= 4 is 0 Å². The summed E-state index contributed by atoms with van der Waals surface area (Å²) in [6, 6.07) is 0.713. The normalized spacial score (nSPS) is 10.7. The second-order valence-corrected chi connectivity index (χ2v) is 3.80. The van der Waals surface area contributed by atoms with E-state index in [4.69, 9.17) is 0 Å². The minimum absolute atomic E-state index is 0.713. The Morgan fingerprint density at radius 1 is 0.786 bits per heavy atom. The van der Waals surface area contributed by atoms with Gasteiger partial charge in [-0.3, -0.25) is 0 Å². The van der Waals surface area contributed by atoms with Crippen LogP contribution in [-0.2, 0) is 0 Å². The van der Waals surface area contributed by atoms with E-state index in [9.17, 15) is 0 Å². The molecule has 0 aliphatic heterocycles. The molecule has 0 aliphatic carbocycles. The quantitative estimate of drug-likeness (QED) is 0.676. The van der Waals surface area contributed by atoms with Gasteiger partial charge in [-0.15, -0.1) is 0 Å². The lowest BCUT2D eigenvalue weighted by Crippen LogP contribution is -2.29. The van der Waals surface area contributed by atoms with Crippen molar-refractivity contribution in [3.05, 3.63) is 0 Å².